The molecule has 0 aliphatic rings. The highest BCUT2D eigenvalue weighted by molar-refractivity contribution is 7.32. The lowest BCUT2D eigenvalue weighted by Crippen LogP contribution is -2.13. The molecule has 72 heavy (non-hydrogen) atoms. The van der Waals surface area contributed by atoms with Crippen LogP contribution in [0, 0.1) is 6.92 Å². The Hall–Kier alpha value is -3.52. The number of unbranched alkanes of at least 4 members (excludes halogenated alkanes) is 7. The molecule has 0 N–H and O–H groups in total. The van der Waals surface area contributed by atoms with Crippen LogP contribution < -0.4 is 9.05 Å². The molecule has 1 unspecified atom stereocenters. The topological polar surface area (TPSA) is 98.7 Å². The molecule has 9 nitrogen and oxygen atoms in total. The van der Waals surface area contributed by atoms with Crippen LogP contribution in [0.2, 0.25) is 0 Å². The van der Waals surface area contributed by atoms with E-state index >= 15 is 0 Å². The molecule has 0 aliphatic carbocycles. The second-order valence-electron chi connectivity index (χ2n) is 19.7. The fourth-order valence-corrected chi connectivity index (χ4v) is 11.6. The van der Waals surface area contributed by atoms with E-state index in [4.69, 9.17) is 40.0 Å². The molecule has 1 atom stereocenters. The summed E-state index contributed by atoms with van der Waals surface area (Å²) in [4.78, 5) is 0. The lowest BCUT2D eigenvalue weighted by atomic mass is 9.94. The summed E-state index contributed by atoms with van der Waals surface area (Å²) in [6.07, 6.45) is 22.9. The molecule has 0 saturated heterocycles. The Kier molecular flexibility index (Phi) is 25.7. The molecule has 398 valence electrons. The highest BCUT2D eigenvalue weighted by Crippen LogP contribution is 2.41. The average molecular weight is 1030 g/mol. The van der Waals surface area contributed by atoms with Crippen LogP contribution in [-0.4, -0.2) is 52.9 Å². The van der Waals surface area contributed by atoms with Crippen molar-refractivity contribution >= 4 is 60.4 Å². The molecule has 6 rings (SSSR count). The number of hydrogen-bond acceptors (Lipinski definition) is 9. The fourth-order valence-electron chi connectivity index (χ4n) is 9.46. The van der Waals surface area contributed by atoms with Crippen molar-refractivity contribution in [2.75, 3.05) is 52.9 Å². The molecule has 4 aromatic carbocycles. The van der Waals surface area contributed by atoms with E-state index < -0.39 is 16.5 Å². The Balaban J connectivity index is 1.05. The van der Waals surface area contributed by atoms with Gasteiger partial charge >= 0.3 is 16.5 Å². The zero-order chi connectivity index (χ0) is 50.9. The van der Waals surface area contributed by atoms with Crippen LogP contribution in [0.25, 0.3) is 43.9 Å². The van der Waals surface area contributed by atoms with Crippen molar-refractivity contribution in [3.8, 4) is 0 Å². The molecule has 0 aliphatic heterocycles. The molecule has 6 aromatic rings. The summed E-state index contributed by atoms with van der Waals surface area (Å²) in [6, 6.07) is 18.7. The molecule has 0 saturated carbocycles. The van der Waals surface area contributed by atoms with E-state index in [-0.39, 0.29) is 0 Å². The molecular weight excluding hydrogens is 939 g/mol. The molecular formula is C61H90O9P2. The maximum absolute atomic E-state index is 6.83. The van der Waals surface area contributed by atoms with Gasteiger partial charge in [-0.05, 0) is 166 Å². The molecule has 11 heteroatoms. The summed E-state index contributed by atoms with van der Waals surface area (Å²) in [7, 11) is -3.41. The van der Waals surface area contributed by atoms with Gasteiger partial charge in [0.25, 0.3) is 0 Å². The van der Waals surface area contributed by atoms with Gasteiger partial charge in [-0.3, -0.25) is 9.05 Å². The van der Waals surface area contributed by atoms with Crippen LogP contribution in [0.1, 0.15) is 183 Å². The molecule has 0 spiro atoms. The van der Waals surface area contributed by atoms with E-state index in [0.717, 1.165) is 153 Å². The van der Waals surface area contributed by atoms with Gasteiger partial charge in [0.15, 0.2) is 0 Å². The van der Waals surface area contributed by atoms with Crippen molar-refractivity contribution in [1.29, 1.82) is 0 Å². The zero-order valence-electron chi connectivity index (χ0n) is 45.7. The van der Waals surface area contributed by atoms with E-state index in [9.17, 15) is 0 Å². The van der Waals surface area contributed by atoms with Crippen molar-refractivity contribution in [3.05, 3.63) is 93.0 Å². The maximum atomic E-state index is 6.83. The van der Waals surface area contributed by atoms with E-state index in [0.29, 0.717) is 52.9 Å². The standard InChI is InChI=1S/C61H90O9P2/c1-9-16-23-47-40-51(27-20-13-5)59-55(43-47)54-39-46(8)38-50(26-19-12-4)58(54)67-71(68-59)65-36-34-63-32-30-62-31-33-64-35-37-66-72-69-60-52(28-21-14-6)41-48(24-17-10-2)44-56(60)57-45-49(25-18-11-3)42-53(29-22-15-7)61(57)70-72/h38-45H,9-37H2,1-8H3. The minimum atomic E-state index is -1.71. The monoisotopic (exact) mass is 1030 g/mol. The van der Waals surface area contributed by atoms with E-state index in [1.54, 1.807) is 0 Å². The number of hydrogen-bond donors (Lipinski definition) is 0. The normalized spacial score (nSPS) is 12.1. The largest absolute Gasteiger partial charge is 0.399 e. The van der Waals surface area contributed by atoms with Gasteiger partial charge < -0.3 is 31.0 Å². The predicted molar refractivity (Wildman–Crippen MR) is 303 cm³/mol. The fraction of sp³-hybridized carbons (Fsp3) is 0.607. The van der Waals surface area contributed by atoms with Crippen molar-refractivity contribution < 1.29 is 40.0 Å². The second kappa shape index (κ2) is 32.0. The number of rotatable bonds is 35. The third kappa shape index (κ3) is 17.3. The van der Waals surface area contributed by atoms with Crippen molar-refractivity contribution in [2.45, 2.75) is 190 Å². The quantitative estimate of drug-likeness (QED) is 0.0360. The molecule has 0 amide bonds. The lowest BCUT2D eigenvalue weighted by Gasteiger charge is -2.11. The minimum Gasteiger partial charge on any atom is -0.399 e. The number of fused-ring (bicyclic) bond motifs is 6. The van der Waals surface area contributed by atoms with Crippen molar-refractivity contribution in [2.24, 2.45) is 0 Å². The molecule has 2 heterocycles. The Morgan fingerprint density at radius 3 is 0.889 bits per heavy atom. The zero-order valence-corrected chi connectivity index (χ0v) is 47.5. The predicted octanol–water partition coefficient (Wildman–Crippen LogP) is 18.2. The van der Waals surface area contributed by atoms with Crippen molar-refractivity contribution in [3.63, 3.8) is 0 Å². The highest BCUT2D eigenvalue weighted by Gasteiger charge is 2.19. The van der Waals surface area contributed by atoms with Gasteiger partial charge in [-0.15, -0.1) is 0 Å². The molecule has 2 aromatic heterocycles. The molecule has 0 fully saturated rings. The number of aryl methyl sites for hydroxylation is 8. The van der Waals surface area contributed by atoms with Gasteiger partial charge in [-0.1, -0.05) is 118 Å². The maximum Gasteiger partial charge on any atom is 0.387 e. The Morgan fingerprint density at radius 1 is 0.319 bits per heavy atom. The Labute approximate surface area is 434 Å². The third-order valence-electron chi connectivity index (χ3n) is 13.5. The summed E-state index contributed by atoms with van der Waals surface area (Å²) < 4.78 is 57.8. The molecule has 0 radical (unpaired) electrons. The average Bonchev–Trinajstić information content (AvgIpc) is 3.65. The lowest BCUT2D eigenvalue weighted by molar-refractivity contribution is 0.00811. The van der Waals surface area contributed by atoms with Gasteiger partial charge in [-0.25, -0.2) is 0 Å². The summed E-state index contributed by atoms with van der Waals surface area (Å²) in [5, 5.41) is 4.55. The SMILES string of the molecule is CCCCc1cc(CCCC)c2op(OCCOCCOCCOCCOp3oc4c(CCCC)cc(CCCC)cc4c4cc(CCCC)cc(CCCC)c4o3)oc3c(CCCC)cc(C)cc3c2c1. The van der Waals surface area contributed by atoms with Crippen molar-refractivity contribution in [1.82, 2.24) is 0 Å². The summed E-state index contributed by atoms with van der Waals surface area (Å²) >= 11 is 0. The van der Waals surface area contributed by atoms with E-state index in [1.165, 1.54) is 70.2 Å². The van der Waals surface area contributed by atoms with Crippen LogP contribution in [0.5, 0.6) is 0 Å². The van der Waals surface area contributed by atoms with Gasteiger partial charge in [0.05, 0.1) is 52.9 Å². The van der Waals surface area contributed by atoms with E-state index in [2.05, 4.69) is 104 Å². The van der Waals surface area contributed by atoms with Gasteiger partial charge in [0.1, 0.15) is 22.3 Å². The molecule has 0 bridgehead atoms. The Bertz CT molecular complexity index is 2550. The summed E-state index contributed by atoms with van der Waals surface area (Å²) in [5.74, 6) is 0. The first-order valence-corrected chi connectivity index (χ1v) is 30.5. The number of benzene rings is 4. The second-order valence-corrected chi connectivity index (χ2v) is 21.9. The Morgan fingerprint density at radius 2 is 0.583 bits per heavy atom. The van der Waals surface area contributed by atoms with Gasteiger partial charge in [0.2, 0.25) is 0 Å². The minimum absolute atomic E-state index is 0.349. The van der Waals surface area contributed by atoms with E-state index in [1.807, 2.05) is 0 Å². The van der Waals surface area contributed by atoms with Crippen LogP contribution in [-0.2, 0) is 59.2 Å². The highest BCUT2D eigenvalue weighted by atomic mass is 31.1. The van der Waals surface area contributed by atoms with Gasteiger partial charge in [-0.2, -0.15) is 0 Å². The first-order chi connectivity index (χ1) is 35.3. The number of ether oxygens (including phenoxy) is 3. The smallest absolute Gasteiger partial charge is 0.387 e. The van der Waals surface area contributed by atoms with Crippen LogP contribution in [0.15, 0.2) is 65.3 Å². The van der Waals surface area contributed by atoms with Crippen LogP contribution in [0.4, 0.5) is 0 Å². The van der Waals surface area contributed by atoms with Crippen LogP contribution >= 0.6 is 16.5 Å². The first kappa shape index (κ1) is 57.8. The van der Waals surface area contributed by atoms with Crippen LogP contribution in [0.3, 0.4) is 0 Å². The summed E-state index contributed by atoms with van der Waals surface area (Å²) in [6.45, 7) is 21.3. The first-order valence-electron chi connectivity index (χ1n) is 28.3. The van der Waals surface area contributed by atoms with Gasteiger partial charge in [0, 0.05) is 21.5 Å². The third-order valence-corrected chi connectivity index (χ3v) is 15.6. The summed E-state index contributed by atoms with van der Waals surface area (Å²) in [5.41, 5.74) is 14.0.